The largest absolute Gasteiger partial charge is 0.453 e. The van der Waals surface area contributed by atoms with E-state index in [0.29, 0.717) is 44.2 Å². The fraction of sp³-hybridized carbons (Fsp3) is 0.429. The van der Waals surface area contributed by atoms with E-state index < -0.39 is 57.7 Å². The fourth-order valence-electron chi connectivity index (χ4n) is 6.84. The lowest BCUT2D eigenvalue weighted by molar-refractivity contribution is -0.119. The summed E-state index contributed by atoms with van der Waals surface area (Å²) in [4.78, 5) is 26.8. The highest BCUT2D eigenvalue weighted by molar-refractivity contribution is 7.89. The van der Waals surface area contributed by atoms with Gasteiger partial charge in [0.05, 0.1) is 12.0 Å². The van der Waals surface area contributed by atoms with Gasteiger partial charge in [0.25, 0.3) is 0 Å². The summed E-state index contributed by atoms with van der Waals surface area (Å²) >= 11 is 6.18. The van der Waals surface area contributed by atoms with Crippen LogP contribution in [0.1, 0.15) is 43.2 Å². The van der Waals surface area contributed by atoms with Crippen molar-refractivity contribution in [3.63, 3.8) is 0 Å². The number of methoxy groups -OCH3 is 1. The summed E-state index contributed by atoms with van der Waals surface area (Å²) in [5.41, 5.74) is 1.18. The third-order valence-electron chi connectivity index (χ3n) is 9.24. The SMILES string of the molecule is COC(=O)NC(C(=O)Nc1cccc(F)c1CCC1CNCC(C)N1S(=O)(=O)c1ccc(F)cc1)C(c1ccc(Cl)cc1)C1CCOCC1. The van der Waals surface area contributed by atoms with Crippen LogP contribution in [0, 0.1) is 17.6 Å². The number of hydrogen-bond acceptors (Lipinski definition) is 7. The Balaban J connectivity index is 1.42. The van der Waals surface area contributed by atoms with Crippen molar-refractivity contribution in [1.29, 1.82) is 0 Å². The number of nitrogens with one attached hydrogen (secondary N) is 3. The van der Waals surface area contributed by atoms with E-state index in [1.807, 2.05) is 12.1 Å². The number of carbonyl (C=O) groups excluding carboxylic acids is 2. The first-order valence-electron chi connectivity index (χ1n) is 16.3. The van der Waals surface area contributed by atoms with Crippen LogP contribution in [-0.4, -0.2) is 76.3 Å². The van der Waals surface area contributed by atoms with Gasteiger partial charge in [-0.15, -0.1) is 0 Å². The Hall–Kier alpha value is -3.62. The molecule has 3 N–H and O–H groups in total. The Kier molecular flexibility index (Phi) is 12.3. The molecule has 4 unspecified atom stereocenters. The Bertz CT molecular complexity index is 1710. The van der Waals surface area contributed by atoms with Crippen molar-refractivity contribution in [1.82, 2.24) is 14.9 Å². The second kappa shape index (κ2) is 16.4. The number of halogens is 3. The first-order chi connectivity index (χ1) is 23.5. The van der Waals surface area contributed by atoms with Crippen molar-refractivity contribution in [2.75, 3.05) is 38.7 Å². The average Bonchev–Trinajstić information content (AvgIpc) is 3.09. The van der Waals surface area contributed by atoms with Crippen LogP contribution in [0.3, 0.4) is 0 Å². The van der Waals surface area contributed by atoms with Gasteiger partial charge in [-0.1, -0.05) is 29.8 Å². The zero-order chi connectivity index (χ0) is 35.1. The predicted molar refractivity (Wildman–Crippen MR) is 182 cm³/mol. The molecule has 2 fully saturated rings. The normalized spacial score (nSPS) is 20.3. The number of alkyl carbamates (subject to hydrolysis) is 1. The Labute approximate surface area is 290 Å². The molecule has 0 bridgehead atoms. The molecule has 5 rings (SSSR count). The van der Waals surface area contributed by atoms with Crippen molar-refractivity contribution in [2.24, 2.45) is 5.92 Å². The molecule has 0 saturated carbocycles. The van der Waals surface area contributed by atoms with Gasteiger partial charge >= 0.3 is 6.09 Å². The van der Waals surface area contributed by atoms with Crippen LogP contribution in [0.15, 0.2) is 71.6 Å². The number of hydrogen-bond donors (Lipinski definition) is 3. The number of amides is 2. The third kappa shape index (κ3) is 8.76. The van der Waals surface area contributed by atoms with Gasteiger partial charge < -0.3 is 25.4 Å². The number of anilines is 1. The van der Waals surface area contributed by atoms with Crippen LogP contribution in [0.25, 0.3) is 0 Å². The molecule has 0 spiro atoms. The highest BCUT2D eigenvalue weighted by Gasteiger charge is 2.40. The van der Waals surface area contributed by atoms with E-state index in [1.165, 1.54) is 35.7 Å². The minimum absolute atomic E-state index is 0.0320. The van der Waals surface area contributed by atoms with Crippen molar-refractivity contribution >= 4 is 39.3 Å². The summed E-state index contributed by atoms with van der Waals surface area (Å²) in [5.74, 6) is -2.22. The quantitative estimate of drug-likeness (QED) is 0.240. The van der Waals surface area contributed by atoms with E-state index in [9.17, 15) is 22.4 Å². The molecule has 3 aromatic rings. The minimum Gasteiger partial charge on any atom is -0.453 e. The summed E-state index contributed by atoms with van der Waals surface area (Å²) in [6.07, 6.45) is 0.812. The van der Waals surface area contributed by atoms with Crippen LogP contribution >= 0.6 is 11.6 Å². The molecule has 2 heterocycles. The highest BCUT2D eigenvalue weighted by atomic mass is 35.5. The maximum atomic E-state index is 15.5. The van der Waals surface area contributed by atoms with E-state index in [-0.39, 0.29) is 34.9 Å². The van der Waals surface area contributed by atoms with Gasteiger partial charge in [0, 0.05) is 60.6 Å². The maximum Gasteiger partial charge on any atom is 0.407 e. The number of benzene rings is 3. The van der Waals surface area contributed by atoms with Crippen LogP contribution < -0.4 is 16.0 Å². The molecule has 14 heteroatoms. The standard InChI is InChI=1S/C35H41ClF2N4O6S/c1-22-20-39-21-27(42(22)49(45,46)28-13-10-26(37)11-14-28)12-15-29-30(38)4-3-5-31(29)40-34(43)33(41-35(44)47-2)32(24-16-18-48-19-17-24)23-6-8-25(36)9-7-23/h3-11,13-14,22,24,27,32-33,39H,12,15-21H2,1-2H3,(H,40,43)(H,41,44). The number of sulfonamides is 1. The van der Waals surface area contributed by atoms with E-state index in [4.69, 9.17) is 21.1 Å². The molecule has 2 amide bonds. The zero-order valence-electron chi connectivity index (χ0n) is 27.3. The van der Waals surface area contributed by atoms with Crippen molar-refractivity contribution in [3.05, 3.63) is 94.5 Å². The third-order valence-corrected chi connectivity index (χ3v) is 11.6. The number of rotatable bonds is 11. The molecule has 0 aliphatic carbocycles. The molecular formula is C35H41ClF2N4O6S. The van der Waals surface area contributed by atoms with Gasteiger partial charge in [0.15, 0.2) is 0 Å². The lowest BCUT2D eigenvalue weighted by atomic mass is 9.76. The number of piperazine rings is 1. The van der Waals surface area contributed by atoms with Crippen molar-refractivity contribution < 1.29 is 36.3 Å². The van der Waals surface area contributed by atoms with Gasteiger partial charge in [-0.2, -0.15) is 4.31 Å². The first kappa shape index (κ1) is 36.7. The molecule has 3 aromatic carbocycles. The van der Waals surface area contributed by atoms with Crippen LogP contribution in [0.2, 0.25) is 5.02 Å². The monoisotopic (exact) mass is 718 g/mol. The molecule has 49 heavy (non-hydrogen) atoms. The van der Waals surface area contributed by atoms with E-state index in [2.05, 4.69) is 16.0 Å². The van der Waals surface area contributed by atoms with Gasteiger partial charge in [-0.3, -0.25) is 4.79 Å². The molecule has 0 aromatic heterocycles. The lowest BCUT2D eigenvalue weighted by Gasteiger charge is -2.40. The molecule has 0 radical (unpaired) electrons. The summed E-state index contributed by atoms with van der Waals surface area (Å²) in [5, 5.41) is 9.34. The van der Waals surface area contributed by atoms with Crippen LogP contribution in [0.4, 0.5) is 19.3 Å². The predicted octanol–water partition coefficient (Wildman–Crippen LogP) is 5.48. The maximum absolute atomic E-state index is 15.5. The zero-order valence-corrected chi connectivity index (χ0v) is 28.9. The molecule has 2 aliphatic rings. The molecule has 2 aliphatic heterocycles. The van der Waals surface area contributed by atoms with E-state index in [0.717, 1.165) is 17.7 Å². The van der Waals surface area contributed by atoms with Crippen LogP contribution in [0.5, 0.6) is 0 Å². The Morgan fingerprint density at radius 1 is 1.04 bits per heavy atom. The fourth-order valence-corrected chi connectivity index (χ4v) is 8.81. The van der Waals surface area contributed by atoms with Gasteiger partial charge in [0.2, 0.25) is 15.9 Å². The summed E-state index contributed by atoms with van der Waals surface area (Å²) in [6.45, 7) is 3.50. The summed E-state index contributed by atoms with van der Waals surface area (Å²) in [6, 6.07) is 14.0. The molecule has 10 nitrogen and oxygen atoms in total. The lowest BCUT2D eigenvalue weighted by Crippen LogP contribution is -2.58. The molecular weight excluding hydrogens is 678 g/mol. The van der Waals surface area contributed by atoms with Gasteiger partial charge in [-0.25, -0.2) is 22.0 Å². The van der Waals surface area contributed by atoms with Crippen LogP contribution in [-0.2, 0) is 30.7 Å². The smallest absolute Gasteiger partial charge is 0.407 e. The summed E-state index contributed by atoms with van der Waals surface area (Å²) < 4.78 is 68.4. The Morgan fingerprint density at radius 2 is 1.73 bits per heavy atom. The second-order valence-corrected chi connectivity index (χ2v) is 14.7. The minimum atomic E-state index is -4.00. The number of ether oxygens (including phenoxy) is 2. The highest BCUT2D eigenvalue weighted by Crippen LogP contribution is 2.37. The van der Waals surface area contributed by atoms with Crippen molar-refractivity contribution in [3.8, 4) is 0 Å². The first-order valence-corrected chi connectivity index (χ1v) is 18.1. The van der Waals surface area contributed by atoms with E-state index >= 15 is 4.39 Å². The second-order valence-electron chi connectivity index (χ2n) is 12.4. The van der Waals surface area contributed by atoms with Gasteiger partial charge in [0.1, 0.15) is 17.7 Å². The average molecular weight is 719 g/mol. The molecule has 2 saturated heterocycles. The Morgan fingerprint density at radius 3 is 2.41 bits per heavy atom. The number of carbonyl (C=O) groups is 2. The topological polar surface area (TPSA) is 126 Å². The van der Waals surface area contributed by atoms with E-state index in [1.54, 1.807) is 25.1 Å². The molecule has 264 valence electrons. The summed E-state index contributed by atoms with van der Waals surface area (Å²) in [7, 11) is -2.79. The number of nitrogens with zero attached hydrogens (tertiary/aromatic N) is 1. The molecule has 4 atom stereocenters. The van der Waals surface area contributed by atoms with Crippen molar-refractivity contribution in [2.45, 2.75) is 61.5 Å². The van der Waals surface area contributed by atoms with Gasteiger partial charge in [-0.05, 0) is 92.6 Å².